The molecule has 1 aromatic carbocycles. The van der Waals surface area contributed by atoms with Gasteiger partial charge in [0.05, 0.1) is 11.4 Å². The number of halogens is 22. The zero-order valence-corrected chi connectivity index (χ0v) is 17.4. The van der Waals surface area contributed by atoms with Crippen LogP contribution >= 0.6 is 0 Å². The zero-order valence-electron chi connectivity index (χ0n) is 17.4. The summed E-state index contributed by atoms with van der Waals surface area (Å²) in [7, 11) is 0. The molecule has 0 bridgehead atoms. The molecule has 0 heterocycles. The summed E-state index contributed by atoms with van der Waals surface area (Å²) >= 11 is 0. The molecule has 4 N–H and O–H groups in total. The van der Waals surface area contributed by atoms with Crippen LogP contribution < -0.4 is 16.2 Å². The average molecular weight is 646 g/mol. The highest BCUT2D eigenvalue weighted by molar-refractivity contribution is 5.67. The quantitative estimate of drug-likeness (QED) is 0.169. The fraction of sp³-hybridized carbons (Fsp3) is 0.600. The van der Waals surface area contributed by atoms with Crippen LogP contribution in [0.3, 0.4) is 0 Å². The minimum absolute atomic E-state index is 1.85. The van der Waals surface area contributed by atoms with Crippen molar-refractivity contribution in [2.24, 2.45) is 0 Å². The van der Waals surface area contributed by atoms with Crippen LogP contribution in [0.4, 0.5) is 108 Å². The van der Waals surface area contributed by atoms with Crippen LogP contribution in [0.25, 0.3) is 0 Å². The second-order valence-electron chi connectivity index (χ2n) is 7.24. The van der Waals surface area contributed by atoms with Crippen molar-refractivity contribution in [3.63, 3.8) is 0 Å². The summed E-state index contributed by atoms with van der Waals surface area (Å²) in [5.74, 6) is -74.8. The molecule has 0 aliphatic rings. The maximum Gasteiger partial charge on any atom is 0.471 e. The lowest BCUT2D eigenvalue weighted by molar-refractivity contribution is -0.476. The highest BCUT2D eigenvalue weighted by atomic mass is 19.4. The highest BCUT2D eigenvalue weighted by Crippen LogP contribution is 2.65. The summed E-state index contributed by atoms with van der Waals surface area (Å²) in [6, 6.07) is 0. The molecule has 1 aromatic rings. The summed E-state index contributed by atoms with van der Waals surface area (Å²) in [5, 5.41) is 0. The van der Waals surface area contributed by atoms with E-state index in [2.05, 4.69) is 16.2 Å². The molecule has 0 aliphatic heterocycles. The van der Waals surface area contributed by atoms with Gasteiger partial charge in [-0.05, 0) is 0 Å². The van der Waals surface area contributed by atoms with Gasteiger partial charge in [0.25, 0.3) is 0 Å². The molecule has 0 amide bonds. The second kappa shape index (κ2) is 9.04. The maximum atomic E-state index is 13.7. The van der Waals surface area contributed by atoms with E-state index in [0.717, 1.165) is 0 Å². The molecule has 0 radical (unpaired) electrons. The first-order valence-electron chi connectivity index (χ1n) is 8.64. The number of nitrogens with two attached hydrogens (primary N) is 2. The summed E-state index contributed by atoms with van der Waals surface area (Å²) in [5.41, 5.74) is 5.25. The average Bonchev–Trinajstić information content (AvgIpc) is 2.77. The van der Waals surface area contributed by atoms with Crippen LogP contribution in [0.15, 0.2) is 0 Å². The molecule has 0 atom stereocenters. The van der Waals surface area contributed by atoms with Crippen molar-refractivity contribution in [2.75, 3.05) is 11.5 Å². The topological polar surface area (TPSA) is 61.3 Å². The summed E-state index contributed by atoms with van der Waals surface area (Å²) < 4.78 is 294. The van der Waals surface area contributed by atoms with E-state index in [4.69, 9.17) is 0 Å². The normalized spacial score (nSPS) is 15.4. The van der Waals surface area contributed by atoms with Crippen molar-refractivity contribution in [3.8, 4) is 5.75 Å². The third kappa shape index (κ3) is 4.24. The van der Waals surface area contributed by atoms with E-state index in [1.54, 1.807) is 0 Å². The lowest BCUT2D eigenvalue weighted by atomic mass is 9.88. The zero-order chi connectivity index (χ0) is 32.7. The number of hydrogen-bond acceptors (Lipinski definition) is 3. The first kappa shape index (κ1) is 35.1. The Morgan fingerprint density at radius 3 is 0.975 bits per heavy atom. The van der Waals surface area contributed by atoms with Crippen LogP contribution in [0.2, 0.25) is 0 Å². The van der Waals surface area contributed by atoms with Crippen LogP contribution in [-0.2, 0) is 0 Å². The third-order valence-corrected chi connectivity index (χ3v) is 4.67. The van der Waals surface area contributed by atoms with E-state index in [1.165, 1.54) is 0 Å². The maximum absolute atomic E-state index is 13.7. The van der Waals surface area contributed by atoms with Gasteiger partial charge < -0.3 is 16.2 Å². The molecule has 0 aromatic heterocycles. The Kier molecular flexibility index (Phi) is 7.93. The Hall–Kier alpha value is -2.92. The van der Waals surface area contributed by atoms with Crippen LogP contribution in [0.1, 0.15) is 0 Å². The van der Waals surface area contributed by atoms with Gasteiger partial charge in [-0.1, -0.05) is 0 Å². The Balaban J connectivity index is 3.81. The molecule has 0 unspecified atom stereocenters. The highest BCUT2D eigenvalue weighted by Gasteiger charge is 2.97. The fourth-order valence-corrected chi connectivity index (χ4v) is 2.30. The van der Waals surface area contributed by atoms with Crippen molar-refractivity contribution in [1.82, 2.24) is 0 Å². The van der Waals surface area contributed by atoms with E-state index in [9.17, 15) is 96.6 Å². The smallest absolute Gasteiger partial charge is 0.421 e. The van der Waals surface area contributed by atoms with Gasteiger partial charge >= 0.3 is 53.7 Å². The van der Waals surface area contributed by atoms with E-state index in [-0.39, 0.29) is 0 Å². The van der Waals surface area contributed by atoms with Crippen molar-refractivity contribution < 1.29 is 101 Å². The fourth-order valence-electron chi connectivity index (χ4n) is 2.30. The van der Waals surface area contributed by atoms with Gasteiger partial charge in [0.15, 0.2) is 11.6 Å². The van der Waals surface area contributed by atoms with Gasteiger partial charge in [-0.25, -0.2) is 8.78 Å². The molecule has 0 spiro atoms. The Morgan fingerprint density at radius 2 is 0.650 bits per heavy atom. The molecular weight excluding hydrogens is 642 g/mol. The van der Waals surface area contributed by atoms with Crippen molar-refractivity contribution in [3.05, 3.63) is 17.5 Å². The monoisotopic (exact) mass is 646 g/mol. The second-order valence-corrected chi connectivity index (χ2v) is 7.24. The Morgan fingerprint density at radius 1 is 0.375 bits per heavy atom. The van der Waals surface area contributed by atoms with Gasteiger partial charge in [-0.2, -0.15) is 87.8 Å². The molecule has 25 heteroatoms. The Bertz CT molecular complexity index is 1110. The van der Waals surface area contributed by atoms with Crippen LogP contribution in [0, 0.1) is 17.5 Å². The van der Waals surface area contributed by atoms with Gasteiger partial charge in [-0.3, -0.25) is 0 Å². The molecular formula is C15H4F22N2O. The number of hydrogen-bond donors (Lipinski definition) is 2. The lowest BCUT2D eigenvalue weighted by Crippen LogP contribution is -2.76. The third-order valence-electron chi connectivity index (χ3n) is 4.67. The van der Waals surface area contributed by atoms with Crippen LogP contribution in [0.5, 0.6) is 5.75 Å². The van der Waals surface area contributed by atoms with Crippen molar-refractivity contribution in [2.45, 2.75) is 53.7 Å². The standard InChI is InChI=1S/C15H4F22N2O/c16-1-2(17)6(3(18)5(39)4(1)38)40-15(36,37)13(31,32)11(27,28)9(23,24)7(19,20)8(21,22)10(25,26)12(29,30)14(33,34)35/h38-39H2. The SMILES string of the molecule is Nc1c(N)c(F)c(OC(F)(F)C(F)(F)C(F)(F)C(F)(F)C(F)(F)C(F)(F)C(F)(F)C(F)(F)C(F)(F)F)c(F)c1F. The number of rotatable bonds is 9. The molecule has 1 rings (SSSR count). The van der Waals surface area contributed by atoms with Crippen molar-refractivity contribution in [1.29, 1.82) is 0 Å². The van der Waals surface area contributed by atoms with Gasteiger partial charge in [0, 0.05) is 0 Å². The largest absolute Gasteiger partial charge is 0.471 e. The predicted molar refractivity (Wildman–Crippen MR) is 81.4 cm³/mol. The summed E-state index contributed by atoms with van der Waals surface area (Å²) in [6.07, 6.45) is -15.8. The van der Waals surface area contributed by atoms with Gasteiger partial charge in [0.1, 0.15) is 0 Å². The molecule has 3 nitrogen and oxygen atoms in total. The number of nitrogen functional groups attached to an aromatic ring is 2. The van der Waals surface area contributed by atoms with Gasteiger partial charge in [0.2, 0.25) is 11.6 Å². The van der Waals surface area contributed by atoms with Crippen molar-refractivity contribution >= 4 is 11.4 Å². The predicted octanol–water partition coefficient (Wildman–Crippen LogP) is 7.25. The minimum Gasteiger partial charge on any atom is -0.421 e. The van der Waals surface area contributed by atoms with Crippen LogP contribution in [-0.4, -0.2) is 53.7 Å². The first-order chi connectivity index (χ1) is 17.1. The summed E-state index contributed by atoms with van der Waals surface area (Å²) in [6.45, 7) is 0. The Labute approximate surface area is 202 Å². The molecule has 0 saturated heterocycles. The van der Waals surface area contributed by atoms with E-state index in [0.29, 0.717) is 0 Å². The first-order valence-corrected chi connectivity index (χ1v) is 8.64. The molecule has 40 heavy (non-hydrogen) atoms. The molecule has 0 saturated carbocycles. The number of alkyl halides is 19. The van der Waals surface area contributed by atoms with E-state index in [1.807, 2.05) is 0 Å². The number of ether oxygens (including phenoxy) is 1. The summed E-state index contributed by atoms with van der Waals surface area (Å²) in [4.78, 5) is 0. The molecule has 0 aliphatic carbocycles. The van der Waals surface area contributed by atoms with E-state index < -0.39 is 88.3 Å². The molecule has 0 fully saturated rings. The van der Waals surface area contributed by atoms with Gasteiger partial charge in [-0.15, -0.1) is 0 Å². The number of anilines is 2. The molecule has 234 valence electrons. The number of benzene rings is 1. The minimum atomic E-state index is -9.21. The van der Waals surface area contributed by atoms with E-state index >= 15 is 0 Å². The lowest BCUT2D eigenvalue weighted by Gasteiger charge is -2.43.